The lowest BCUT2D eigenvalue weighted by Crippen LogP contribution is -2.38. The summed E-state index contributed by atoms with van der Waals surface area (Å²) in [4.78, 5) is 11.8. The Morgan fingerprint density at radius 2 is 1.94 bits per heavy atom. The second kappa shape index (κ2) is 7.17. The highest BCUT2D eigenvalue weighted by atomic mass is 16.1. The summed E-state index contributed by atoms with van der Waals surface area (Å²) in [5.41, 5.74) is 2.38. The zero-order valence-corrected chi connectivity index (χ0v) is 11.8. The lowest BCUT2D eigenvalue weighted by molar-refractivity contribution is -0.121. The molecule has 0 aliphatic carbocycles. The molecule has 0 aromatic heterocycles. The van der Waals surface area contributed by atoms with Crippen LogP contribution in [0.3, 0.4) is 0 Å². The van der Waals surface area contributed by atoms with Gasteiger partial charge < -0.3 is 10.6 Å². The summed E-state index contributed by atoms with van der Waals surface area (Å²) in [5, 5.41) is 6.21. The number of carbonyl (C=O) groups excluding carboxylic acids is 1. The zero-order valence-electron chi connectivity index (χ0n) is 11.8. The molecule has 0 saturated heterocycles. The first-order chi connectivity index (χ1) is 8.54. The van der Waals surface area contributed by atoms with Gasteiger partial charge in [-0.15, -0.1) is 0 Å². The van der Waals surface area contributed by atoms with Gasteiger partial charge in [-0.05, 0) is 38.3 Å². The molecule has 3 nitrogen and oxygen atoms in total. The molecule has 1 aromatic rings. The summed E-state index contributed by atoms with van der Waals surface area (Å²) < 4.78 is 0. The fourth-order valence-electron chi connectivity index (χ4n) is 1.85. The highest BCUT2D eigenvalue weighted by Gasteiger charge is 2.11. The van der Waals surface area contributed by atoms with Crippen LogP contribution in [0.1, 0.15) is 44.4 Å². The largest absolute Gasteiger partial charge is 0.348 e. The van der Waals surface area contributed by atoms with Crippen molar-refractivity contribution in [3.05, 3.63) is 35.4 Å². The third-order valence-electron chi connectivity index (χ3n) is 3.26. The van der Waals surface area contributed by atoms with E-state index in [1.165, 1.54) is 11.1 Å². The van der Waals surface area contributed by atoms with Gasteiger partial charge in [0.15, 0.2) is 0 Å². The van der Waals surface area contributed by atoms with Crippen molar-refractivity contribution in [3.63, 3.8) is 0 Å². The molecule has 1 unspecified atom stereocenters. The van der Waals surface area contributed by atoms with E-state index in [2.05, 4.69) is 43.5 Å². The zero-order chi connectivity index (χ0) is 13.5. The molecule has 0 fully saturated rings. The Bertz CT molecular complexity index is 390. The maximum atomic E-state index is 11.8. The van der Waals surface area contributed by atoms with E-state index in [1.807, 2.05) is 19.1 Å². The number of aryl methyl sites for hydroxylation is 1. The predicted octanol–water partition coefficient (Wildman–Crippen LogP) is 2.56. The molecule has 18 heavy (non-hydrogen) atoms. The average Bonchev–Trinajstić information content (AvgIpc) is 2.36. The fraction of sp³-hybridized carbons (Fsp3) is 0.533. The van der Waals surface area contributed by atoms with Crippen molar-refractivity contribution >= 4 is 5.91 Å². The van der Waals surface area contributed by atoms with Crippen LogP contribution in [0.15, 0.2) is 24.3 Å². The summed E-state index contributed by atoms with van der Waals surface area (Å²) in [6.07, 6.45) is 1.03. The van der Waals surface area contributed by atoms with E-state index in [4.69, 9.17) is 0 Å². The van der Waals surface area contributed by atoms with Gasteiger partial charge in [0, 0.05) is 6.04 Å². The SMILES string of the molecule is CCC(C)NCC(=O)N[C@@H](C)c1ccccc1C. The molecule has 1 aromatic carbocycles. The maximum absolute atomic E-state index is 11.8. The molecule has 0 heterocycles. The van der Waals surface area contributed by atoms with E-state index in [9.17, 15) is 4.79 Å². The normalized spacial score (nSPS) is 14.0. The predicted molar refractivity (Wildman–Crippen MR) is 75.5 cm³/mol. The topological polar surface area (TPSA) is 41.1 Å². The molecule has 100 valence electrons. The Labute approximate surface area is 110 Å². The summed E-state index contributed by atoms with van der Waals surface area (Å²) in [7, 11) is 0. The molecule has 0 aliphatic rings. The third kappa shape index (κ3) is 4.49. The molecular formula is C15H24N2O. The van der Waals surface area contributed by atoms with Crippen LogP contribution in [0.4, 0.5) is 0 Å². The highest BCUT2D eigenvalue weighted by Crippen LogP contribution is 2.16. The van der Waals surface area contributed by atoms with Crippen molar-refractivity contribution in [1.82, 2.24) is 10.6 Å². The number of hydrogen-bond donors (Lipinski definition) is 2. The van der Waals surface area contributed by atoms with Crippen molar-refractivity contribution < 1.29 is 4.79 Å². The number of nitrogens with one attached hydrogen (secondary N) is 2. The van der Waals surface area contributed by atoms with Gasteiger partial charge in [-0.3, -0.25) is 4.79 Å². The van der Waals surface area contributed by atoms with E-state index in [-0.39, 0.29) is 11.9 Å². The summed E-state index contributed by atoms with van der Waals surface area (Å²) in [6, 6.07) is 8.57. The summed E-state index contributed by atoms with van der Waals surface area (Å²) in [6.45, 7) is 8.65. The molecule has 3 heteroatoms. The molecule has 0 radical (unpaired) electrons. The Balaban J connectivity index is 2.47. The molecule has 0 spiro atoms. The van der Waals surface area contributed by atoms with Crippen LogP contribution in [0.5, 0.6) is 0 Å². The minimum atomic E-state index is 0.0473. The third-order valence-corrected chi connectivity index (χ3v) is 3.26. The van der Waals surface area contributed by atoms with Gasteiger partial charge in [-0.25, -0.2) is 0 Å². The second-order valence-corrected chi connectivity index (χ2v) is 4.84. The highest BCUT2D eigenvalue weighted by molar-refractivity contribution is 5.78. The van der Waals surface area contributed by atoms with Crippen molar-refractivity contribution in [2.45, 2.75) is 46.2 Å². The van der Waals surface area contributed by atoms with E-state index in [1.54, 1.807) is 0 Å². The molecule has 0 saturated carbocycles. The Kier molecular flexibility index (Phi) is 5.86. The van der Waals surface area contributed by atoms with Gasteiger partial charge in [0.1, 0.15) is 0 Å². The standard InChI is InChI=1S/C15H24N2O/c1-5-12(3)16-10-15(18)17-13(4)14-9-7-6-8-11(14)2/h6-9,12-13,16H,5,10H2,1-4H3,(H,17,18)/t12?,13-/m0/s1. The number of carbonyl (C=O) groups is 1. The molecule has 1 amide bonds. The average molecular weight is 248 g/mol. The van der Waals surface area contributed by atoms with Crippen LogP contribution in [0.2, 0.25) is 0 Å². The summed E-state index contributed by atoms with van der Waals surface area (Å²) in [5.74, 6) is 0.0473. The first-order valence-corrected chi connectivity index (χ1v) is 6.62. The summed E-state index contributed by atoms with van der Waals surface area (Å²) >= 11 is 0. The van der Waals surface area contributed by atoms with E-state index in [0.29, 0.717) is 12.6 Å². The Morgan fingerprint density at radius 1 is 1.28 bits per heavy atom. The van der Waals surface area contributed by atoms with Crippen molar-refractivity contribution in [2.75, 3.05) is 6.54 Å². The molecule has 1 rings (SSSR count). The van der Waals surface area contributed by atoms with Crippen molar-refractivity contribution in [2.24, 2.45) is 0 Å². The van der Waals surface area contributed by atoms with Crippen LogP contribution in [-0.4, -0.2) is 18.5 Å². The van der Waals surface area contributed by atoms with Gasteiger partial charge in [0.2, 0.25) is 5.91 Å². The first-order valence-electron chi connectivity index (χ1n) is 6.62. The smallest absolute Gasteiger partial charge is 0.234 e. The number of benzene rings is 1. The minimum Gasteiger partial charge on any atom is -0.348 e. The Morgan fingerprint density at radius 3 is 2.56 bits per heavy atom. The van der Waals surface area contributed by atoms with E-state index in [0.717, 1.165) is 6.42 Å². The molecule has 2 atom stereocenters. The van der Waals surface area contributed by atoms with Crippen LogP contribution >= 0.6 is 0 Å². The molecule has 0 aliphatic heterocycles. The van der Waals surface area contributed by atoms with Crippen LogP contribution in [0, 0.1) is 6.92 Å². The number of rotatable bonds is 6. The van der Waals surface area contributed by atoms with Crippen molar-refractivity contribution in [3.8, 4) is 0 Å². The fourth-order valence-corrected chi connectivity index (χ4v) is 1.85. The van der Waals surface area contributed by atoms with E-state index < -0.39 is 0 Å². The van der Waals surface area contributed by atoms with Crippen LogP contribution in [-0.2, 0) is 4.79 Å². The number of amides is 1. The molecular weight excluding hydrogens is 224 g/mol. The maximum Gasteiger partial charge on any atom is 0.234 e. The quantitative estimate of drug-likeness (QED) is 0.812. The van der Waals surface area contributed by atoms with Gasteiger partial charge in [0.05, 0.1) is 12.6 Å². The number of hydrogen-bond acceptors (Lipinski definition) is 2. The van der Waals surface area contributed by atoms with E-state index >= 15 is 0 Å². The van der Waals surface area contributed by atoms with Crippen molar-refractivity contribution in [1.29, 1.82) is 0 Å². The second-order valence-electron chi connectivity index (χ2n) is 4.84. The lowest BCUT2D eigenvalue weighted by Gasteiger charge is -2.17. The molecule has 0 bridgehead atoms. The lowest BCUT2D eigenvalue weighted by atomic mass is 10.0. The first kappa shape index (κ1) is 14.7. The van der Waals surface area contributed by atoms with Gasteiger partial charge >= 0.3 is 0 Å². The van der Waals surface area contributed by atoms with Gasteiger partial charge in [0.25, 0.3) is 0 Å². The minimum absolute atomic E-state index is 0.0473. The molecule has 2 N–H and O–H groups in total. The van der Waals surface area contributed by atoms with Crippen LogP contribution in [0.25, 0.3) is 0 Å². The monoisotopic (exact) mass is 248 g/mol. The van der Waals surface area contributed by atoms with Gasteiger partial charge in [-0.1, -0.05) is 31.2 Å². The van der Waals surface area contributed by atoms with Gasteiger partial charge in [-0.2, -0.15) is 0 Å². The van der Waals surface area contributed by atoms with Crippen LogP contribution < -0.4 is 10.6 Å². The Hall–Kier alpha value is -1.35.